The van der Waals surface area contributed by atoms with Crippen molar-refractivity contribution in [3.05, 3.63) is 63.2 Å². The molecule has 0 radical (unpaired) electrons. The second-order valence-corrected chi connectivity index (χ2v) is 12.4. The van der Waals surface area contributed by atoms with Gasteiger partial charge in [0.25, 0.3) is 0 Å². The average Bonchev–Trinajstić information content (AvgIpc) is 3.22. The first-order valence-electron chi connectivity index (χ1n) is 11.4. The topological polar surface area (TPSA) is 85.1 Å². The number of benzene rings is 2. The number of rotatable bonds is 3. The smallest absolute Gasteiger partial charge is 0.219 e. The van der Waals surface area contributed by atoms with Gasteiger partial charge in [-0.3, -0.25) is 23.1 Å². The Morgan fingerprint density at radius 3 is 2.25 bits per heavy atom. The lowest BCUT2D eigenvalue weighted by Crippen LogP contribution is -2.51. The van der Waals surface area contributed by atoms with Crippen LogP contribution in [0.15, 0.2) is 42.5 Å². The molecule has 0 spiro atoms. The lowest BCUT2D eigenvalue weighted by Gasteiger charge is -2.50. The summed E-state index contributed by atoms with van der Waals surface area (Å²) in [7, 11) is -1.48. The number of anilines is 1. The molecule has 3 heterocycles. The van der Waals surface area contributed by atoms with Crippen LogP contribution in [0.1, 0.15) is 18.7 Å². The Labute approximate surface area is 226 Å². The molecule has 36 heavy (non-hydrogen) atoms. The van der Waals surface area contributed by atoms with Crippen LogP contribution in [0.4, 0.5) is 5.69 Å². The van der Waals surface area contributed by atoms with Gasteiger partial charge in [0.2, 0.25) is 5.91 Å². The van der Waals surface area contributed by atoms with Gasteiger partial charge in [-0.25, -0.2) is 4.68 Å². The first kappa shape index (κ1) is 25.7. The highest BCUT2D eigenvalue weighted by Gasteiger charge is 2.43. The van der Waals surface area contributed by atoms with Crippen LogP contribution in [-0.4, -0.2) is 73.6 Å². The van der Waals surface area contributed by atoms with E-state index in [1.165, 1.54) is 4.31 Å². The molecule has 1 atom stereocenters. The van der Waals surface area contributed by atoms with E-state index in [9.17, 15) is 13.9 Å². The van der Waals surface area contributed by atoms with Crippen molar-refractivity contribution in [3.63, 3.8) is 0 Å². The fraction of sp³-hybridized carbons (Fsp3) is 0.333. The summed E-state index contributed by atoms with van der Waals surface area (Å²) in [6, 6.07) is 12.1. The minimum Gasteiger partial charge on any atom is -0.340 e. The minimum atomic E-state index is -3.15. The van der Waals surface area contributed by atoms with Crippen LogP contribution >= 0.6 is 45.6 Å². The Kier molecular flexibility index (Phi) is 6.93. The summed E-state index contributed by atoms with van der Waals surface area (Å²) in [4.78, 5) is 15.8. The largest absolute Gasteiger partial charge is 0.340 e. The van der Waals surface area contributed by atoms with Crippen LogP contribution in [0.2, 0.25) is 15.1 Å². The van der Waals surface area contributed by atoms with Crippen LogP contribution in [0.3, 0.4) is 0 Å². The van der Waals surface area contributed by atoms with Crippen LogP contribution in [0.5, 0.6) is 0 Å². The quantitative estimate of drug-likeness (QED) is 0.413. The van der Waals surface area contributed by atoms with E-state index in [-0.39, 0.29) is 17.7 Å². The molecule has 8 nitrogen and oxygen atoms in total. The summed E-state index contributed by atoms with van der Waals surface area (Å²) in [5, 5.41) is 6.52. The summed E-state index contributed by atoms with van der Waals surface area (Å²) in [5.74, 6) is 0.150. The molecule has 0 bridgehead atoms. The van der Waals surface area contributed by atoms with Gasteiger partial charge in [-0.2, -0.15) is 5.10 Å². The van der Waals surface area contributed by atoms with Crippen molar-refractivity contribution in [2.24, 2.45) is 0 Å². The zero-order valence-corrected chi connectivity index (χ0v) is 22.8. The molecule has 1 fully saturated rings. The summed E-state index contributed by atoms with van der Waals surface area (Å²) in [6.07, 6.45) is 0. The van der Waals surface area contributed by atoms with Crippen molar-refractivity contribution < 1.29 is 13.9 Å². The van der Waals surface area contributed by atoms with Gasteiger partial charge in [0.1, 0.15) is 11.4 Å². The third kappa shape index (κ3) is 4.58. The first-order chi connectivity index (χ1) is 17.1. The molecule has 2 aromatic carbocycles. The Balaban J connectivity index is 1.70. The Hall–Kier alpha value is -1.98. The van der Waals surface area contributed by atoms with E-state index in [1.807, 2.05) is 12.1 Å². The van der Waals surface area contributed by atoms with Crippen LogP contribution in [-0.2, 0) is 4.79 Å². The molecule has 0 aliphatic carbocycles. The number of amides is 1. The second kappa shape index (κ2) is 9.72. The molecule has 3 aromatic rings. The zero-order chi connectivity index (χ0) is 25.8. The summed E-state index contributed by atoms with van der Waals surface area (Å²) in [6.45, 7) is 3.92. The molecule has 12 heteroatoms. The van der Waals surface area contributed by atoms with E-state index in [2.05, 4.69) is 4.90 Å². The number of aromatic nitrogens is 2. The predicted molar refractivity (Wildman–Crippen MR) is 147 cm³/mol. The Morgan fingerprint density at radius 2 is 1.64 bits per heavy atom. The number of nitrogens with zero attached hydrogens (tertiary/aromatic N) is 5. The number of fused-ring (bicyclic) bond motifs is 1. The molecule has 2 aliphatic heterocycles. The SMILES string of the molecule is CC(=O)N1CCN(C2CS(O)(O)N(C)c3c2nn(-c2ccc(Cl)cc2Cl)c3-c2ccc(Cl)cc2)CC1. The van der Waals surface area contributed by atoms with Gasteiger partial charge in [-0.15, -0.1) is 10.8 Å². The molecular formula is C24H26Cl3N5O3S. The molecular weight excluding hydrogens is 545 g/mol. The normalized spacial score (nSPS) is 20.8. The molecule has 1 unspecified atom stereocenters. The van der Waals surface area contributed by atoms with E-state index in [0.717, 1.165) is 11.3 Å². The van der Waals surface area contributed by atoms with Gasteiger partial charge < -0.3 is 4.90 Å². The number of hydrogen-bond acceptors (Lipinski definition) is 6. The number of carbonyl (C=O) groups excluding carboxylic acids is 1. The van der Waals surface area contributed by atoms with E-state index in [0.29, 0.717) is 58.3 Å². The highest BCUT2D eigenvalue weighted by Crippen LogP contribution is 2.58. The van der Waals surface area contributed by atoms with Crippen LogP contribution in [0.25, 0.3) is 16.9 Å². The van der Waals surface area contributed by atoms with Crippen LogP contribution in [0, 0.1) is 0 Å². The van der Waals surface area contributed by atoms with Gasteiger partial charge in [0, 0.05) is 55.8 Å². The number of piperazine rings is 1. The maximum absolute atomic E-state index is 11.8. The van der Waals surface area contributed by atoms with Gasteiger partial charge in [-0.1, -0.05) is 46.9 Å². The van der Waals surface area contributed by atoms with Gasteiger partial charge >= 0.3 is 0 Å². The maximum Gasteiger partial charge on any atom is 0.219 e. The van der Waals surface area contributed by atoms with Gasteiger partial charge in [0.15, 0.2) is 0 Å². The third-order valence-electron chi connectivity index (χ3n) is 6.79. The second-order valence-electron chi connectivity index (χ2n) is 8.95. The first-order valence-corrected chi connectivity index (χ1v) is 14.2. The van der Waals surface area contributed by atoms with Crippen molar-refractivity contribution in [1.29, 1.82) is 0 Å². The van der Waals surface area contributed by atoms with E-state index >= 15 is 0 Å². The molecule has 1 saturated heterocycles. The summed E-state index contributed by atoms with van der Waals surface area (Å²) >= 11 is 18.9. The van der Waals surface area contributed by atoms with Crippen molar-refractivity contribution in [3.8, 4) is 16.9 Å². The maximum atomic E-state index is 11.8. The van der Waals surface area contributed by atoms with Gasteiger partial charge in [-0.05, 0) is 30.3 Å². The molecule has 2 N–H and O–H groups in total. The van der Waals surface area contributed by atoms with E-state index in [4.69, 9.17) is 39.9 Å². The van der Waals surface area contributed by atoms with Crippen molar-refractivity contribution in [1.82, 2.24) is 19.6 Å². The fourth-order valence-electron chi connectivity index (χ4n) is 4.83. The van der Waals surface area contributed by atoms with Crippen molar-refractivity contribution >= 4 is 57.2 Å². The fourth-order valence-corrected chi connectivity index (χ4v) is 6.93. The standard InChI is InChI=1S/C24H26Cl3N5O3S/c1-15(33)30-9-11-31(12-10-30)21-14-36(34,35)29(2)24-22(21)28-32(20-8-7-18(26)13-19(20)27)23(24)16-3-5-17(25)6-4-16/h3-8,13,21,34-35H,9-12,14H2,1-2H3. The Morgan fingerprint density at radius 1 is 1.00 bits per heavy atom. The third-order valence-corrected chi connectivity index (χ3v) is 9.41. The molecule has 1 amide bonds. The molecule has 0 saturated carbocycles. The summed E-state index contributed by atoms with van der Waals surface area (Å²) in [5.41, 5.74) is 3.42. The molecule has 1 aromatic heterocycles. The van der Waals surface area contributed by atoms with Crippen molar-refractivity contribution in [2.75, 3.05) is 43.3 Å². The van der Waals surface area contributed by atoms with E-state index in [1.54, 1.807) is 53.9 Å². The highest BCUT2D eigenvalue weighted by atomic mass is 35.5. The Bertz CT molecular complexity index is 1310. The van der Waals surface area contributed by atoms with E-state index < -0.39 is 10.8 Å². The number of carbonyl (C=O) groups is 1. The molecule has 192 valence electrons. The molecule has 2 aliphatic rings. The van der Waals surface area contributed by atoms with Gasteiger partial charge in [0.05, 0.1) is 28.2 Å². The lowest BCUT2D eigenvalue weighted by molar-refractivity contribution is -0.130. The summed E-state index contributed by atoms with van der Waals surface area (Å²) < 4.78 is 25.6. The van der Waals surface area contributed by atoms with Crippen molar-refractivity contribution in [2.45, 2.75) is 13.0 Å². The number of hydrogen-bond donors (Lipinski definition) is 2. The monoisotopic (exact) mass is 569 g/mol. The predicted octanol–water partition coefficient (Wildman–Crippen LogP) is 5.82. The highest BCUT2D eigenvalue weighted by molar-refractivity contribution is 8.25. The lowest BCUT2D eigenvalue weighted by atomic mass is 10.1. The van der Waals surface area contributed by atoms with Crippen LogP contribution < -0.4 is 4.31 Å². The minimum absolute atomic E-state index is 0.0367. The zero-order valence-electron chi connectivity index (χ0n) is 19.7. The molecule has 5 rings (SSSR count). The average molecular weight is 571 g/mol. The number of halogens is 3.